The van der Waals surface area contributed by atoms with Gasteiger partial charge < -0.3 is 19.7 Å². The first-order chi connectivity index (χ1) is 16.0. The Hall–Kier alpha value is -3.75. The topological polar surface area (TPSA) is 76.6 Å². The zero-order valence-electron chi connectivity index (χ0n) is 17.9. The van der Waals surface area contributed by atoms with Gasteiger partial charge in [-0.3, -0.25) is 0 Å². The smallest absolute Gasteiger partial charge is 0.322 e. The highest BCUT2D eigenvalue weighted by Crippen LogP contribution is 2.47. The van der Waals surface area contributed by atoms with E-state index in [2.05, 4.69) is 15.3 Å². The normalized spacial score (nSPS) is 21.1. The summed E-state index contributed by atoms with van der Waals surface area (Å²) in [5.74, 6) is 0.233. The Bertz CT molecular complexity index is 1170. The van der Waals surface area contributed by atoms with Crippen LogP contribution in [0.25, 0.3) is 0 Å². The largest absolute Gasteiger partial charge is 0.493 e. The summed E-state index contributed by atoms with van der Waals surface area (Å²) in [5, 5.41) is 2.64. The van der Waals surface area contributed by atoms with Gasteiger partial charge in [0.1, 0.15) is 23.2 Å². The van der Waals surface area contributed by atoms with Crippen LogP contribution in [0.15, 0.2) is 54.7 Å². The Balaban J connectivity index is 1.40. The van der Waals surface area contributed by atoms with Crippen molar-refractivity contribution in [2.45, 2.75) is 13.0 Å². The first kappa shape index (κ1) is 21.1. The van der Waals surface area contributed by atoms with E-state index in [4.69, 9.17) is 9.47 Å². The van der Waals surface area contributed by atoms with E-state index in [1.807, 2.05) is 24.3 Å². The summed E-state index contributed by atoms with van der Waals surface area (Å²) >= 11 is 0. The highest BCUT2D eigenvalue weighted by Gasteiger charge is 2.48. The number of para-hydroxylation sites is 1. The van der Waals surface area contributed by atoms with Crippen LogP contribution in [0.2, 0.25) is 0 Å². The standard InChI is InChI=1S/C24H22F2N4O3/c1-14-27-7-6-22(28-14)33-12-15-11-30(24(31)29-18-9-16(25)8-17(26)10-18)23-19-4-2-3-5-21(19)32-13-20(15)23/h2-10,15,20,23H,11-13H2,1H3,(H,29,31)/t15-,20-,23-/m0/s1. The fourth-order valence-corrected chi connectivity index (χ4v) is 4.57. The number of nitrogens with one attached hydrogen (secondary N) is 1. The number of rotatable bonds is 4. The van der Waals surface area contributed by atoms with Gasteiger partial charge >= 0.3 is 6.03 Å². The van der Waals surface area contributed by atoms with Crippen LogP contribution >= 0.6 is 0 Å². The van der Waals surface area contributed by atoms with Crippen LogP contribution in [0.1, 0.15) is 17.4 Å². The van der Waals surface area contributed by atoms with Crippen molar-refractivity contribution in [3.8, 4) is 11.6 Å². The second kappa shape index (κ2) is 8.65. The number of carbonyl (C=O) groups excluding carboxylic acids is 1. The van der Waals surface area contributed by atoms with Crippen molar-refractivity contribution < 1.29 is 23.0 Å². The number of ether oxygens (including phenoxy) is 2. The fourth-order valence-electron chi connectivity index (χ4n) is 4.57. The Morgan fingerprint density at radius 1 is 1.21 bits per heavy atom. The number of aromatic nitrogens is 2. The minimum Gasteiger partial charge on any atom is -0.493 e. The summed E-state index contributed by atoms with van der Waals surface area (Å²) in [6.07, 6.45) is 1.63. The molecule has 1 N–H and O–H groups in total. The number of anilines is 1. The summed E-state index contributed by atoms with van der Waals surface area (Å²) in [7, 11) is 0. The van der Waals surface area contributed by atoms with Crippen LogP contribution in [0.5, 0.6) is 11.6 Å². The number of fused-ring (bicyclic) bond motifs is 3. The number of halogens is 2. The first-order valence-corrected chi connectivity index (χ1v) is 10.7. The quantitative estimate of drug-likeness (QED) is 0.637. The SMILES string of the molecule is Cc1nccc(OC[C@@H]2CN(C(=O)Nc3cc(F)cc(F)c3)[C@H]3c4ccccc4OC[C@@H]23)n1. The lowest BCUT2D eigenvalue weighted by Crippen LogP contribution is -2.38. The molecule has 3 atom stereocenters. The number of likely N-dealkylation sites (tertiary alicyclic amines) is 1. The van der Waals surface area contributed by atoms with Crippen molar-refractivity contribution in [1.82, 2.24) is 14.9 Å². The van der Waals surface area contributed by atoms with E-state index >= 15 is 0 Å². The van der Waals surface area contributed by atoms with Gasteiger partial charge in [-0.05, 0) is 25.1 Å². The van der Waals surface area contributed by atoms with Crippen LogP contribution in [-0.2, 0) is 0 Å². The Morgan fingerprint density at radius 2 is 2.00 bits per heavy atom. The number of aryl methyl sites for hydroxylation is 1. The minimum absolute atomic E-state index is 0.0159. The van der Waals surface area contributed by atoms with Gasteiger partial charge in [0.05, 0.1) is 19.3 Å². The van der Waals surface area contributed by atoms with Gasteiger partial charge in [0.25, 0.3) is 0 Å². The molecule has 1 saturated heterocycles. The van der Waals surface area contributed by atoms with Crippen molar-refractivity contribution in [2.75, 3.05) is 25.1 Å². The Morgan fingerprint density at radius 3 is 2.79 bits per heavy atom. The third kappa shape index (κ3) is 4.30. The second-order valence-electron chi connectivity index (χ2n) is 8.21. The Kier molecular flexibility index (Phi) is 5.53. The molecule has 0 spiro atoms. The van der Waals surface area contributed by atoms with Gasteiger partial charge in [0, 0.05) is 48.0 Å². The van der Waals surface area contributed by atoms with Crippen LogP contribution in [0.4, 0.5) is 19.3 Å². The number of amides is 2. The van der Waals surface area contributed by atoms with Crippen LogP contribution in [-0.4, -0.2) is 40.7 Å². The zero-order chi connectivity index (χ0) is 22.9. The highest BCUT2D eigenvalue weighted by molar-refractivity contribution is 5.90. The number of hydrogen-bond donors (Lipinski definition) is 1. The molecule has 0 aliphatic carbocycles. The molecule has 1 fully saturated rings. The highest BCUT2D eigenvalue weighted by atomic mass is 19.1. The lowest BCUT2D eigenvalue weighted by Gasteiger charge is -2.34. The third-order valence-electron chi connectivity index (χ3n) is 6.02. The zero-order valence-corrected chi connectivity index (χ0v) is 17.9. The molecular formula is C24H22F2N4O3. The molecule has 2 amide bonds. The lowest BCUT2D eigenvalue weighted by molar-refractivity contribution is 0.128. The minimum atomic E-state index is -0.757. The molecule has 2 aromatic carbocycles. The molecule has 0 saturated carbocycles. The van der Waals surface area contributed by atoms with Gasteiger partial charge in [-0.1, -0.05) is 18.2 Å². The molecule has 33 heavy (non-hydrogen) atoms. The lowest BCUT2D eigenvalue weighted by atomic mass is 9.86. The van der Waals surface area contributed by atoms with Gasteiger partial charge in [-0.15, -0.1) is 0 Å². The molecule has 3 aromatic rings. The maximum atomic E-state index is 13.6. The maximum absolute atomic E-state index is 13.6. The van der Waals surface area contributed by atoms with Gasteiger partial charge in [0.2, 0.25) is 5.88 Å². The molecule has 3 heterocycles. The fraction of sp³-hybridized carbons (Fsp3) is 0.292. The van der Waals surface area contributed by atoms with Crippen molar-refractivity contribution in [3.63, 3.8) is 0 Å². The number of carbonyl (C=O) groups is 1. The number of nitrogens with zero attached hydrogens (tertiary/aromatic N) is 3. The van der Waals surface area contributed by atoms with Crippen molar-refractivity contribution in [3.05, 3.63) is 77.8 Å². The van der Waals surface area contributed by atoms with Crippen LogP contribution in [0, 0.1) is 30.4 Å². The molecule has 7 nitrogen and oxygen atoms in total. The average molecular weight is 452 g/mol. The van der Waals surface area contributed by atoms with Crippen LogP contribution in [0.3, 0.4) is 0 Å². The van der Waals surface area contributed by atoms with Gasteiger partial charge in [-0.2, -0.15) is 4.98 Å². The van der Waals surface area contributed by atoms with Crippen molar-refractivity contribution in [1.29, 1.82) is 0 Å². The van der Waals surface area contributed by atoms with Crippen molar-refractivity contribution >= 4 is 11.7 Å². The molecule has 2 aliphatic rings. The van der Waals surface area contributed by atoms with Gasteiger partial charge in [0.15, 0.2) is 0 Å². The first-order valence-electron chi connectivity index (χ1n) is 10.7. The van der Waals surface area contributed by atoms with E-state index in [-0.39, 0.29) is 23.6 Å². The van der Waals surface area contributed by atoms with E-state index < -0.39 is 17.7 Å². The van der Waals surface area contributed by atoms with Gasteiger partial charge in [-0.25, -0.2) is 18.6 Å². The average Bonchev–Trinajstić information content (AvgIpc) is 3.16. The second-order valence-corrected chi connectivity index (χ2v) is 8.21. The predicted octanol–water partition coefficient (Wildman–Crippen LogP) is 4.36. The predicted molar refractivity (Wildman–Crippen MR) is 116 cm³/mol. The molecule has 1 aromatic heterocycles. The molecule has 5 rings (SSSR count). The number of urea groups is 1. The summed E-state index contributed by atoms with van der Waals surface area (Å²) in [4.78, 5) is 23.3. The molecular weight excluding hydrogens is 430 g/mol. The van der Waals surface area contributed by atoms with E-state index in [1.54, 1.807) is 24.1 Å². The van der Waals surface area contributed by atoms with Crippen molar-refractivity contribution in [2.24, 2.45) is 11.8 Å². The maximum Gasteiger partial charge on any atom is 0.322 e. The summed E-state index contributed by atoms with van der Waals surface area (Å²) in [6.45, 7) is 2.94. The van der Waals surface area contributed by atoms with Crippen LogP contribution < -0.4 is 14.8 Å². The molecule has 9 heteroatoms. The monoisotopic (exact) mass is 452 g/mol. The number of hydrogen-bond acceptors (Lipinski definition) is 5. The van der Waals surface area contributed by atoms with E-state index in [9.17, 15) is 13.6 Å². The number of benzene rings is 2. The summed E-state index contributed by atoms with van der Waals surface area (Å²) < 4.78 is 39.1. The molecule has 0 radical (unpaired) electrons. The summed E-state index contributed by atoms with van der Waals surface area (Å²) in [5.41, 5.74) is 0.959. The Labute approximate surface area is 189 Å². The third-order valence-corrected chi connectivity index (χ3v) is 6.02. The molecule has 0 bridgehead atoms. The molecule has 2 aliphatic heterocycles. The van der Waals surface area contributed by atoms with E-state index in [0.717, 1.165) is 29.5 Å². The van der Waals surface area contributed by atoms with E-state index in [0.29, 0.717) is 31.5 Å². The van der Waals surface area contributed by atoms with E-state index in [1.165, 1.54) is 0 Å². The molecule has 170 valence electrons. The molecule has 0 unspecified atom stereocenters. The summed E-state index contributed by atoms with van der Waals surface area (Å²) in [6, 6.07) is 11.5.